The molecular formula is C10H14Cl2Sn. The minimum absolute atomic E-state index is 1.03. The Morgan fingerprint density at radius 3 is 2.31 bits per heavy atom. The fraction of sp³-hybridized carbons (Fsp3) is 0.400. The summed E-state index contributed by atoms with van der Waals surface area (Å²) in [5.41, 5.74) is 0. The van der Waals surface area contributed by atoms with Crippen LogP contribution >= 0.6 is 17.8 Å². The fourth-order valence-corrected chi connectivity index (χ4v) is 9.75. The van der Waals surface area contributed by atoms with Crippen molar-refractivity contribution < 1.29 is 0 Å². The van der Waals surface area contributed by atoms with E-state index in [4.69, 9.17) is 17.8 Å². The molecule has 0 aromatic heterocycles. The Balaban J connectivity index is 2.69. The van der Waals surface area contributed by atoms with Crippen LogP contribution in [0.5, 0.6) is 0 Å². The SMILES string of the molecule is CCC[CH2][Sn]([Cl])([Cl])[c]1ccccc1. The van der Waals surface area contributed by atoms with E-state index in [0.717, 1.165) is 10.9 Å². The standard InChI is InChI=1S/C6H5.C4H9.2ClH.Sn/c1-2-4-6-5-3-1;1-3-4-2;;;/h1-5H;1,3-4H2,2H3;2*1H;/q;;;;+2/p-2. The molecule has 3 heteroatoms. The third-order valence-electron chi connectivity index (χ3n) is 2.04. The Labute approximate surface area is 91.6 Å². The van der Waals surface area contributed by atoms with Gasteiger partial charge in [-0.15, -0.1) is 0 Å². The summed E-state index contributed by atoms with van der Waals surface area (Å²) in [5, 5.41) is 0. The quantitative estimate of drug-likeness (QED) is 0.743. The Bertz CT molecular complexity index is 246. The maximum absolute atomic E-state index is 6.42. The summed E-state index contributed by atoms with van der Waals surface area (Å²) in [5.74, 6) is 0. The van der Waals surface area contributed by atoms with E-state index in [-0.39, 0.29) is 0 Å². The van der Waals surface area contributed by atoms with Gasteiger partial charge in [0.15, 0.2) is 0 Å². The van der Waals surface area contributed by atoms with Crippen molar-refractivity contribution in [3.8, 4) is 0 Å². The molecule has 1 rings (SSSR count). The second-order valence-electron chi connectivity index (χ2n) is 3.17. The summed E-state index contributed by atoms with van der Waals surface area (Å²) in [6, 6.07) is 10.1. The van der Waals surface area contributed by atoms with Crippen molar-refractivity contribution in [3.63, 3.8) is 0 Å². The molecule has 72 valence electrons. The van der Waals surface area contributed by atoms with Gasteiger partial charge in [0.05, 0.1) is 0 Å². The van der Waals surface area contributed by atoms with Crippen LogP contribution in [0, 0.1) is 0 Å². The third-order valence-corrected chi connectivity index (χ3v) is 13.7. The Morgan fingerprint density at radius 1 is 1.15 bits per heavy atom. The van der Waals surface area contributed by atoms with Crippen LogP contribution in [0.4, 0.5) is 0 Å². The van der Waals surface area contributed by atoms with E-state index in [9.17, 15) is 0 Å². The maximum atomic E-state index is 6.42. The molecule has 0 saturated heterocycles. The van der Waals surface area contributed by atoms with Gasteiger partial charge in [-0.2, -0.15) is 0 Å². The van der Waals surface area contributed by atoms with E-state index in [1.54, 1.807) is 0 Å². The molecule has 0 atom stereocenters. The van der Waals surface area contributed by atoms with E-state index in [0.29, 0.717) is 0 Å². The zero-order valence-corrected chi connectivity index (χ0v) is 12.1. The van der Waals surface area contributed by atoms with Crippen LogP contribution in [0.1, 0.15) is 19.8 Å². The van der Waals surface area contributed by atoms with Crippen LogP contribution in [-0.4, -0.2) is 16.1 Å². The van der Waals surface area contributed by atoms with Gasteiger partial charge in [0.2, 0.25) is 0 Å². The van der Waals surface area contributed by atoms with Crippen molar-refractivity contribution in [3.05, 3.63) is 30.3 Å². The molecule has 13 heavy (non-hydrogen) atoms. The van der Waals surface area contributed by atoms with E-state index in [2.05, 4.69) is 19.1 Å². The van der Waals surface area contributed by atoms with Crippen LogP contribution < -0.4 is 3.58 Å². The number of hydrogen-bond acceptors (Lipinski definition) is 0. The summed E-state index contributed by atoms with van der Waals surface area (Å²) >= 11 is -2.90. The molecule has 0 amide bonds. The molecule has 1 aromatic rings. The molecule has 0 saturated carbocycles. The van der Waals surface area contributed by atoms with E-state index < -0.39 is 16.1 Å². The number of hydrogen-bond donors (Lipinski definition) is 0. The van der Waals surface area contributed by atoms with Crippen LogP contribution in [0.15, 0.2) is 30.3 Å². The second-order valence-corrected chi connectivity index (χ2v) is 20.2. The molecule has 0 fully saturated rings. The zero-order chi connectivity index (χ0) is 9.73. The predicted molar refractivity (Wildman–Crippen MR) is 63.3 cm³/mol. The van der Waals surface area contributed by atoms with Crippen molar-refractivity contribution in [1.82, 2.24) is 0 Å². The van der Waals surface area contributed by atoms with Gasteiger partial charge in [-0.05, 0) is 0 Å². The monoisotopic (exact) mass is 324 g/mol. The first-order chi connectivity index (χ1) is 6.17. The second kappa shape index (κ2) is 5.47. The van der Waals surface area contributed by atoms with E-state index >= 15 is 0 Å². The molecule has 0 bridgehead atoms. The molecular weight excluding hydrogens is 310 g/mol. The fourth-order valence-electron chi connectivity index (χ4n) is 1.23. The van der Waals surface area contributed by atoms with Gasteiger partial charge in [0.1, 0.15) is 0 Å². The molecule has 0 nitrogen and oxygen atoms in total. The number of rotatable bonds is 4. The van der Waals surface area contributed by atoms with E-state index in [1.165, 1.54) is 10.0 Å². The summed E-state index contributed by atoms with van der Waals surface area (Å²) in [6.07, 6.45) is 2.32. The summed E-state index contributed by atoms with van der Waals surface area (Å²) in [6.45, 7) is 2.17. The number of benzene rings is 1. The molecule has 0 aliphatic heterocycles. The van der Waals surface area contributed by atoms with Gasteiger partial charge in [-0.3, -0.25) is 0 Å². The molecule has 0 heterocycles. The van der Waals surface area contributed by atoms with Gasteiger partial charge < -0.3 is 0 Å². The molecule has 0 aliphatic carbocycles. The molecule has 0 N–H and O–H groups in total. The Kier molecular flexibility index (Phi) is 4.91. The first-order valence-electron chi connectivity index (χ1n) is 4.60. The van der Waals surface area contributed by atoms with E-state index in [1.807, 2.05) is 18.2 Å². The Hall–Kier alpha value is 0.599. The third kappa shape index (κ3) is 3.68. The van der Waals surface area contributed by atoms with Crippen molar-refractivity contribution in [2.24, 2.45) is 0 Å². The summed E-state index contributed by atoms with van der Waals surface area (Å²) < 4.78 is 2.23. The van der Waals surface area contributed by atoms with Gasteiger partial charge in [0, 0.05) is 0 Å². The van der Waals surface area contributed by atoms with Crippen molar-refractivity contribution >= 4 is 37.5 Å². The topological polar surface area (TPSA) is 0 Å². The van der Waals surface area contributed by atoms with Crippen molar-refractivity contribution in [2.75, 3.05) is 0 Å². The predicted octanol–water partition coefficient (Wildman–Crippen LogP) is 3.61. The van der Waals surface area contributed by atoms with Gasteiger partial charge >= 0.3 is 92.1 Å². The number of unbranched alkanes of at least 4 members (excludes halogenated alkanes) is 1. The van der Waals surface area contributed by atoms with Crippen molar-refractivity contribution in [1.29, 1.82) is 0 Å². The van der Waals surface area contributed by atoms with Crippen LogP contribution in [0.25, 0.3) is 0 Å². The number of halogens is 2. The van der Waals surface area contributed by atoms with Crippen LogP contribution in [-0.2, 0) is 0 Å². The normalized spacial score (nSPS) is 11.6. The summed E-state index contributed by atoms with van der Waals surface area (Å²) in [7, 11) is 12.8. The molecule has 0 radical (unpaired) electrons. The summed E-state index contributed by atoms with van der Waals surface area (Å²) in [4.78, 5) is 0. The first-order valence-corrected chi connectivity index (χ1v) is 15.3. The zero-order valence-electron chi connectivity index (χ0n) is 7.76. The average Bonchev–Trinajstić information content (AvgIpc) is 2.16. The molecule has 0 spiro atoms. The minimum atomic E-state index is -2.90. The van der Waals surface area contributed by atoms with Crippen LogP contribution in [0.2, 0.25) is 4.44 Å². The van der Waals surface area contributed by atoms with Crippen molar-refractivity contribution in [2.45, 2.75) is 24.2 Å². The van der Waals surface area contributed by atoms with Crippen LogP contribution in [0.3, 0.4) is 0 Å². The van der Waals surface area contributed by atoms with Gasteiger partial charge in [-0.25, -0.2) is 0 Å². The molecule has 0 unspecified atom stereocenters. The molecule has 1 aromatic carbocycles. The molecule has 0 aliphatic rings. The Morgan fingerprint density at radius 2 is 1.77 bits per heavy atom. The van der Waals surface area contributed by atoms with Gasteiger partial charge in [-0.1, -0.05) is 0 Å². The first kappa shape index (κ1) is 11.7. The van der Waals surface area contributed by atoms with Gasteiger partial charge in [0.25, 0.3) is 0 Å². The average molecular weight is 324 g/mol.